The standard InChI is InChI=1S/C9H21NO2/c1-4-8(3)10(5-2)6-9(12)7-11/h8-9,11-12H,4-7H2,1-3H3. The van der Waals surface area contributed by atoms with Gasteiger partial charge in [-0.05, 0) is 19.9 Å². The van der Waals surface area contributed by atoms with Gasteiger partial charge in [0, 0.05) is 12.6 Å². The molecule has 0 spiro atoms. The fraction of sp³-hybridized carbons (Fsp3) is 1.00. The van der Waals surface area contributed by atoms with Crippen LogP contribution in [0.5, 0.6) is 0 Å². The fourth-order valence-electron chi connectivity index (χ4n) is 1.21. The van der Waals surface area contributed by atoms with Crippen molar-refractivity contribution in [1.82, 2.24) is 4.90 Å². The van der Waals surface area contributed by atoms with Crippen molar-refractivity contribution in [1.29, 1.82) is 0 Å². The molecule has 0 amide bonds. The summed E-state index contributed by atoms with van der Waals surface area (Å²) >= 11 is 0. The van der Waals surface area contributed by atoms with Crippen LogP contribution in [-0.4, -0.2) is 47.0 Å². The quantitative estimate of drug-likeness (QED) is 0.616. The minimum absolute atomic E-state index is 0.146. The molecular weight excluding hydrogens is 154 g/mol. The molecule has 0 aliphatic rings. The normalized spacial score (nSPS) is 16.5. The summed E-state index contributed by atoms with van der Waals surface area (Å²) in [6, 6.07) is 0.483. The monoisotopic (exact) mass is 175 g/mol. The average molecular weight is 175 g/mol. The molecule has 2 N–H and O–H groups in total. The highest BCUT2D eigenvalue weighted by molar-refractivity contribution is 4.67. The number of nitrogens with zero attached hydrogens (tertiary/aromatic N) is 1. The van der Waals surface area contributed by atoms with E-state index in [1.807, 2.05) is 0 Å². The summed E-state index contributed by atoms with van der Waals surface area (Å²) in [5.74, 6) is 0. The summed E-state index contributed by atoms with van der Waals surface area (Å²) < 4.78 is 0. The lowest BCUT2D eigenvalue weighted by molar-refractivity contribution is 0.0484. The van der Waals surface area contributed by atoms with E-state index in [2.05, 4.69) is 25.7 Å². The van der Waals surface area contributed by atoms with E-state index in [1.165, 1.54) is 0 Å². The number of aliphatic hydroxyl groups excluding tert-OH is 2. The Bertz CT molecular complexity index is 109. The van der Waals surface area contributed by atoms with Crippen molar-refractivity contribution in [2.24, 2.45) is 0 Å². The van der Waals surface area contributed by atoms with E-state index >= 15 is 0 Å². The second-order valence-corrected chi connectivity index (χ2v) is 3.18. The second-order valence-electron chi connectivity index (χ2n) is 3.18. The third kappa shape index (κ3) is 4.04. The molecule has 0 aromatic rings. The number of likely N-dealkylation sites (N-methyl/N-ethyl adjacent to an activating group) is 1. The summed E-state index contributed by atoms with van der Waals surface area (Å²) in [5, 5.41) is 17.9. The zero-order chi connectivity index (χ0) is 9.56. The molecule has 0 aliphatic heterocycles. The summed E-state index contributed by atoms with van der Waals surface area (Å²) in [5.41, 5.74) is 0. The van der Waals surface area contributed by atoms with Crippen molar-refractivity contribution in [3.63, 3.8) is 0 Å². The Morgan fingerprint density at radius 1 is 1.33 bits per heavy atom. The number of hydrogen-bond acceptors (Lipinski definition) is 3. The molecule has 12 heavy (non-hydrogen) atoms. The van der Waals surface area contributed by atoms with E-state index in [1.54, 1.807) is 0 Å². The molecular formula is C9H21NO2. The zero-order valence-corrected chi connectivity index (χ0v) is 8.32. The summed E-state index contributed by atoms with van der Waals surface area (Å²) in [6.07, 6.45) is 0.477. The SMILES string of the molecule is CCC(C)N(CC)CC(O)CO. The fourth-order valence-corrected chi connectivity index (χ4v) is 1.21. The van der Waals surface area contributed by atoms with Gasteiger partial charge in [0.25, 0.3) is 0 Å². The molecule has 2 unspecified atom stereocenters. The van der Waals surface area contributed by atoms with Crippen LogP contribution >= 0.6 is 0 Å². The zero-order valence-electron chi connectivity index (χ0n) is 8.32. The van der Waals surface area contributed by atoms with Crippen molar-refractivity contribution in [3.8, 4) is 0 Å². The molecule has 0 rings (SSSR count). The molecule has 0 saturated heterocycles. The smallest absolute Gasteiger partial charge is 0.0897 e. The molecule has 0 radical (unpaired) electrons. The third-order valence-corrected chi connectivity index (χ3v) is 2.28. The van der Waals surface area contributed by atoms with Crippen LogP contribution in [-0.2, 0) is 0 Å². The Morgan fingerprint density at radius 2 is 1.92 bits per heavy atom. The molecule has 0 aromatic carbocycles. The van der Waals surface area contributed by atoms with Gasteiger partial charge in [0.1, 0.15) is 0 Å². The van der Waals surface area contributed by atoms with Crippen LogP contribution in [0.15, 0.2) is 0 Å². The highest BCUT2D eigenvalue weighted by Crippen LogP contribution is 2.03. The summed E-state index contributed by atoms with van der Waals surface area (Å²) in [4.78, 5) is 2.17. The lowest BCUT2D eigenvalue weighted by Crippen LogP contribution is -2.39. The molecule has 2 atom stereocenters. The topological polar surface area (TPSA) is 43.7 Å². The van der Waals surface area contributed by atoms with Gasteiger partial charge in [0.2, 0.25) is 0 Å². The minimum atomic E-state index is -0.598. The van der Waals surface area contributed by atoms with Gasteiger partial charge in [-0.1, -0.05) is 13.8 Å². The second kappa shape index (κ2) is 6.40. The summed E-state index contributed by atoms with van der Waals surface area (Å²) in [7, 11) is 0. The molecule has 0 saturated carbocycles. The predicted octanol–water partition coefficient (Wildman–Crippen LogP) is 0.460. The van der Waals surface area contributed by atoms with Crippen LogP contribution in [0.1, 0.15) is 27.2 Å². The van der Waals surface area contributed by atoms with E-state index in [0.717, 1.165) is 13.0 Å². The maximum atomic E-state index is 9.21. The first-order valence-electron chi connectivity index (χ1n) is 4.68. The van der Waals surface area contributed by atoms with Gasteiger partial charge < -0.3 is 10.2 Å². The number of aliphatic hydroxyl groups is 2. The van der Waals surface area contributed by atoms with Crippen LogP contribution < -0.4 is 0 Å². The van der Waals surface area contributed by atoms with E-state index in [0.29, 0.717) is 12.6 Å². The highest BCUT2D eigenvalue weighted by Gasteiger charge is 2.13. The average Bonchev–Trinajstić information content (AvgIpc) is 2.12. The van der Waals surface area contributed by atoms with Gasteiger partial charge >= 0.3 is 0 Å². The lowest BCUT2D eigenvalue weighted by atomic mass is 10.2. The van der Waals surface area contributed by atoms with Gasteiger partial charge in [0.15, 0.2) is 0 Å². The Labute approximate surface area is 75.0 Å². The van der Waals surface area contributed by atoms with E-state index < -0.39 is 6.10 Å². The Kier molecular flexibility index (Phi) is 6.34. The highest BCUT2D eigenvalue weighted by atomic mass is 16.3. The molecule has 0 fully saturated rings. The van der Waals surface area contributed by atoms with Crippen molar-refractivity contribution < 1.29 is 10.2 Å². The maximum Gasteiger partial charge on any atom is 0.0897 e. The Balaban J connectivity index is 3.81. The largest absolute Gasteiger partial charge is 0.394 e. The van der Waals surface area contributed by atoms with Crippen molar-refractivity contribution in [2.75, 3.05) is 19.7 Å². The first-order chi connectivity index (χ1) is 5.65. The van der Waals surface area contributed by atoms with Crippen LogP contribution in [0.4, 0.5) is 0 Å². The third-order valence-electron chi connectivity index (χ3n) is 2.28. The van der Waals surface area contributed by atoms with Crippen LogP contribution in [0.25, 0.3) is 0 Å². The van der Waals surface area contributed by atoms with Crippen molar-refractivity contribution >= 4 is 0 Å². The summed E-state index contributed by atoms with van der Waals surface area (Å²) in [6.45, 7) is 7.67. The van der Waals surface area contributed by atoms with Gasteiger partial charge in [0.05, 0.1) is 12.7 Å². The molecule has 0 bridgehead atoms. The van der Waals surface area contributed by atoms with Gasteiger partial charge in [-0.2, -0.15) is 0 Å². The Hall–Kier alpha value is -0.120. The first kappa shape index (κ1) is 11.9. The van der Waals surface area contributed by atoms with Crippen LogP contribution in [0.3, 0.4) is 0 Å². The van der Waals surface area contributed by atoms with Gasteiger partial charge in [-0.3, -0.25) is 4.90 Å². The molecule has 3 nitrogen and oxygen atoms in total. The minimum Gasteiger partial charge on any atom is -0.394 e. The molecule has 74 valence electrons. The predicted molar refractivity (Wildman–Crippen MR) is 50.1 cm³/mol. The number of rotatable bonds is 6. The van der Waals surface area contributed by atoms with E-state index in [4.69, 9.17) is 5.11 Å². The molecule has 3 heteroatoms. The molecule has 0 aliphatic carbocycles. The number of hydrogen-bond donors (Lipinski definition) is 2. The van der Waals surface area contributed by atoms with Gasteiger partial charge in [-0.15, -0.1) is 0 Å². The van der Waals surface area contributed by atoms with Gasteiger partial charge in [-0.25, -0.2) is 0 Å². The maximum absolute atomic E-state index is 9.21. The van der Waals surface area contributed by atoms with Crippen molar-refractivity contribution in [3.05, 3.63) is 0 Å². The van der Waals surface area contributed by atoms with E-state index in [9.17, 15) is 5.11 Å². The molecule has 0 aromatic heterocycles. The Morgan fingerprint density at radius 3 is 2.25 bits per heavy atom. The lowest BCUT2D eigenvalue weighted by Gasteiger charge is -2.28. The first-order valence-corrected chi connectivity index (χ1v) is 4.68. The van der Waals surface area contributed by atoms with E-state index in [-0.39, 0.29) is 6.61 Å². The molecule has 0 heterocycles. The van der Waals surface area contributed by atoms with Crippen molar-refractivity contribution in [2.45, 2.75) is 39.3 Å². The van der Waals surface area contributed by atoms with Crippen LogP contribution in [0.2, 0.25) is 0 Å². The van der Waals surface area contributed by atoms with Crippen LogP contribution in [0, 0.1) is 0 Å².